The van der Waals surface area contributed by atoms with Crippen molar-refractivity contribution in [2.24, 2.45) is 0 Å². The molecule has 3 heteroatoms. The highest BCUT2D eigenvalue weighted by atomic mass is 19.1. The van der Waals surface area contributed by atoms with Crippen LogP contribution < -0.4 is 10.1 Å². The van der Waals surface area contributed by atoms with Crippen LogP contribution in [-0.2, 0) is 6.54 Å². The summed E-state index contributed by atoms with van der Waals surface area (Å²) in [6, 6.07) is 10.8. The molecular formula is C16H18FNO. The summed E-state index contributed by atoms with van der Waals surface area (Å²) in [6.45, 7) is 4.47. The fourth-order valence-electron chi connectivity index (χ4n) is 1.94. The minimum absolute atomic E-state index is 0.253. The van der Waals surface area contributed by atoms with Crippen molar-refractivity contribution >= 4 is 0 Å². The van der Waals surface area contributed by atoms with Gasteiger partial charge in [0.25, 0.3) is 0 Å². The maximum absolute atomic E-state index is 13.8. The molecule has 0 amide bonds. The second kappa shape index (κ2) is 5.85. The summed E-state index contributed by atoms with van der Waals surface area (Å²) in [5.41, 5.74) is 2.78. The number of ether oxygens (including phenoxy) is 1. The van der Waals surface area contributed by atoms with Gasteiger partial charge >= 0.3 is 0 Å². The highest BCUT2D eigenvalue weighted by molar-refractivity contribution is 5.44. The lowest BCUT2D eigenvalue weighted by molar-refractivity contribution is 0.460. The largest absolute Gasteiger partial charge is 0.457 e. The van der Waals surface area contributed by atoms with Crippen molar-refractivity contribution in [3.8, 4) is 11.5 Å². The Kier molecular flexibility index (Phi) is 4.17. The van der Waals surface area contributed by atoms with E-state index in [4.69, 9.17) is 4.74 Å². The number of hydrogen-bond acceptors (Lipinski definition) is 2. The van der Waals surface area contributed by atoms with Crippen LogP contribution in [0.4, 0.5) is 4.39 Å². The number of benzene rings is 2. The van der Waals surface area contributed by atoms with E-state index >= 15 is 0 Å². The van der Waals surface area contributed by atoms with Crippen LogP contribution >= 0.6 is 0 Å². The molecule has 2 aromatic carbocycles. The number of halogens is 1. The van der Waals surface area contributed by atoms with Crippen molar-refractivity contribution in [3.63, 3.8) is 0 Å². The zero-order chi connectivity index (χ0) is 13.8. The quantitative estimate of drug-likeness (QED) is 0.897. The number of aryl methyl sites for hydroxylation is 1. The monoisotopic (exact) mass is 259 g/mol. The lowest BCUT2D eigenvalue weighted by atomic mass is 10.1. The molecule has 0 aliphatic heterocycles. The third kappa shape index (κ3) is 2.93. The molecule has 2 aromatic rings. The highest BCUT2D eigenvalue weighted by Gasteiger charge is 2.11. The summed E-state index contributed by atoms with van der Waals surface area (Å²) in [5.74, 6) is 1.07. The SMILES string of the molecule is CNCc1c(F)cccc1Oc1cccc(C)c1C. The number of hydrogen-bond donors (Lipinski definition) is 1. The topological polar surface area (TPSA) is 21.3 Å². The Bertz CT molecular complexity index is 581. The molecule has 0 radical (unpaired) electrons. The van der Waals surface area contributed by atoms with Gasteiger partial charge in [-0.25, -0.2) is 4.39 Å². The summed E-state index contributed by atoms with van der Waals surface area (Å²) in [5, 5.41) is 2.96. The van der Waals surface area contributed by atoms with Gasteiger partial charge in [-0.2, -0.15) is 0 Å². The summed E-state index contributed by atoms with van der Waals surface area (Å²) in [6.07, 6.45) is 0. The lowest BCUT2D eigenvalue weighted by Gasteiger charge is -2.14. The fourth-order valence-corrected chi connectivity index (χ4v) is 1.94. The van der Waals surface area contributed by atoms with Crippen LogP contribution in [0.1, 0.15) is 16.7 Å². The van der Waals surface area contributed by atoms with Gasteiger partial charge in [0, 0.05) is 12.1 Å². The third-order valence-electron chi connectivity index (χ3n) is 3.20. The van der Waals surface area contributed by atoms with Gasteiger partial charge in [-0.3, -0.25) is 0 Å². The highest BCUT2D eigenvalue weighted by Crippen LogP contribution is 2.30. The van der Waals surface area contributed by atoms with Crippen LogP contribution in [0.25, 0.3) is 0 Å². The first-order valence-electron chi connectivity index (χ1n) is 6.29. The minimum Gasteiger partial charge on any atom is -0.457 e. The maximum atomic E-state index is 13.8. The Hall–Kier alpha value is -1.87. The molecule has 2 rings (SSSR count). The number of nitrogens with one attached hydrogen (secondary N) is 1. The molecule has 0 heterocycles. The molecule has 2 nitrogen and oxygen atoms in total. The fraction of sp³-hybridized carbons (Fsp3) is 0.250. The molecule has 0 saturated carbocycles. The molecule has 0 saturated heterocycles. The molecule has 100 valence electrons. The van der Waals surface area contributed by atoms with Crippen molar-refractivity contribution in [1.29, 1.82) is 0 Å². The Morgan fingerprint density at radius 1 is 1.05 bits per heavy atom. The second-order valence-corrected chi connectivity index (χ2v) is 4.55. The molecule has 19 heavy (non-hydrogen) atoms. The van der Waals surface area contributed by atoms with Crippen LogP contribution in [0.3, 0.4) is 0 Å². The van der Waals surface area contributed by atoms with E-state index in [1.54, 1.807) is 19.2 Å². The lowest BCUT2D eigenvalue weighted by Crippen LogP contribution is -2.08. The summed E-state index contributed by atoms with van der Waals surface area (Å²) in [7, 11) is 1.79. The van der Waals surface area contributed by atoms with E-state index < -0.39 is 0 Å². The molecule has 0 aliphatic carbocycles. The smallest absolute Gasteiger partial charge is 0.134 e. The van der Waals surface area contributed by atoms with E-state index in [9.17, 15) is 4.39 Å². The van der Waals surface area contributed by atoms with Gasteiger partial charge in [-0.05, 0) is 50.2 Å². The van der Waals surface area contributed by atoms with Gasteiger partial charge in [0.05, 0.1) is 0 Å². The van der Waals surface area contributed by atoms with Crippen molar-refractivity contribution in [2.45, 2.75) is 20.4 Å². The maximum Gasteiger partial charge on any atom is 0.134 e. The molecule has 0 aliphatic rings. The summed E-state index contributed by atoms with van der Waals surface area (Å²) < 4.78 is 19.7. The molecule has 0 atom stereocenters. The molecule has 0 fully saturated rings. The summed E-state index contributed by atoms with van der Waals surface area (Å²) >= 11 is 0. The predicted molar refractivity (Wildman–Crippen MR) is 75.2 cm³/mol. The average molecular weight is 259 g/mol. The molecule has 0 aromatic heterocycles. The Morgan fingerprint density at radius 2 is 1.74 bits per heavy atom. The Labute approximate surface area is 113 Å². The molecular weight excluding hydrogens is 241 g/mol. The van der Waals surface area contributed by atoms with Gasteiger partial charge in [0.2, 0.25) is 0 Å². The Morgan fingerprint density at radius 3 is 2.47 bits per heavy atom. The van der Waals surface area contributed by atoms with Gasteiger partial charge in [0.15, 0.2) is 0 Å². The van der Waals surface area contributed by atoms with Crippen LogP contribution in [0.2, 0.25) is 0 Å². The van der Waals surface area contributed by atoms with Gasteiger partial charge < -0.3 is 10.1 Å². The first kappa shape index (κ1) is 13.6. The van der Waals surface area contributed by atoms with E-state index in [-0.39, 0.29) is 5.82 Å². The van der Waals surface area contributed by atoms with E-state index in [0.29, 0.717) is 17.9 Å². The number of rotatable bonds is 4. The van der Waals surface area contributed by atoms with Crippen LogP contribution in [0, 0.1) is 19.7 Å². The van der Waals surface area contributed by atoms with Crippen molar-refractivity contribution in [3.05, 3.63) is 58.9 Å². The Balaban J connectivity index is 2.38. The van der Waals surface area contributed by atoms with Crippen molar-refractivity contribution < 1.29 is 9.13 Å². The van der Waals surface area contributed by atoms with Gasteiger partial charge in [-0.15, -0.1) is 0 Å². The van der Waals surface area contributed by atoms with E-state index in [1.165, 1.54) is 6.07 Å². The van der Waals surface area contributed by atoms with E-state index in [2.05, 4.69) is 5.32 Å². The average Bonchev–Trinajstić information content (AvgIpc) is 2.39. The second-order valence-electron chi connectivity index (χ2n) is 4.55. The zero-order valence-electron chi connectivity index (χ0n) is 11.5. The van der Waals surface area contributed by atoms with Crippen molar-refractivity contribution in [1.82, 2.24) is 5.32 Å². The normalized spacial score (nSPS) is 10.5. The van der Waals surface area contributed by atoms with Crippen LogP contribution in [0.15, 0.2) is 36.4 Å². The van der Waals surface area contributed by atoms with Crippen LogP contribution in [0.5, 0.6) is 11.5 Å². The molecule has 0 spiro atoms. The first-order valence-corrected chi connectivity index (χ1v) is 6.29. The van der Waals surface area contributed by atoms with Gasteiger partial charge in [0.1, 0.15) is 17.3 Å². The standard InChI is InChI=1S/C16H18FNO/c1-11-6-4-8-15(12(11)2)19-16-9-5-7-14(17)13(16)10-18-3/h4-9,18H,10H2,1-3H3. The van der Waals surface area contributed by atoms with E-state index in [1.807, 2.05) is 32.0 Å². The van der Waals surface area contributed by atoms with E-state index in [0.717, 1.165) is 16.9 Å². The minimum atomic E-state index is -0.253. The first-order chi connectivity index (χ1) is 9.13. The third-order valence-corrected chi connectivity index (χ3v) is 3.20. The van der Waals surface area contributed by atoms with Crippen molar-refractivity contribution in [2.75, 3.05) is 7.05 Å². The molecule has 0 bridgehead atoms. The molecule has 0 unspecified atom stereocenters. The van der Waals surface area contributed by atoms with Gasteiger partial charge in [-0.1, -0.05) is 18.2 Å². The predicted octanol–water partition coefficient (Wildman–Crippen LogP) is 3.95. The van der Waals surface area contributed by atoms with Crippen LogP contribution in [-0.4, -0.2) is 7.05 Å². The molecule has 1 N–H and O–H groups in total. The zero-order valence-corrected chi connectivity index (χ0v) is 11.5. The summed E-state index contributed by atoms with van der Waals surface area (Å²) in [4.78, 5) is 0.